The number of nitrogens with two attached hydrogens (primary N) is 2. The number of rotatable bonds is 13. The van der Waals surface area contributed by atoms with E-state index in [2.05, 4.69) is 17.1 Å². The Morgan fingerprint density at radius 2 is 1.56 bits per heavy atom. The van der Waals surface area contributed by atoms with Crippen LogP contribution >= 0.6 is 34.7 Å². The smallest absolute Gasteiger partial charge is 0.323 e. The summed E-state index contributed by atoms with van der Waals surface area (Å²) in [5, 5.41) is 23.9. The first kappa shape index (κ1) is 42.4. The number of nitriles is 2. The summed E-state index contributed by atoms with van der Waals surface area (Å²) in [4.78, 5) is 21.3. The average molecular weight is 839 g/mol. The first-order valence-corrected chi connectivity index (χ1v) is 20.7. The van der Waals surface area contributed by atoms with E-state index in [4.69, 9.17) is 42.1 Å². The molecule has 6 rings (SSSR count). The molecule has 16 heteroatoms. The molecule has 290 valence electrons. The van der Waals surface area contributed by atoms with Crippen molar-refractivity contribution in [2.24, 2.45) is 5.73 Å². The molecule has 5 N–H and O–H groups in total. The molecule has 4 aromatic carbocycles. The van der Waals surface area contributed by atoms with E-state index in [0.717, 1.165) is 27.4 Å². The molecule has 0 fully saturated rings. The number of aromatic nitrogens is 2. The highest BCUT2D eigenvalue weighted by molar-refractivity contribution is 7.98. The summed E-state index contributed by atoms with van der Waals surface area (Å²) in [7, 11) is -4.02. The number of hydrogen-bond donors (Lipinski definition) is 3. The predicted octanol–water partition coefficient (Wildman–Crippen LogP) is 7.88. The quantitative estimate of drug-likeness (QED) is 0.0437. The highest BCUT2D eigenvalue weighted by Gasteiger charge is 2.21. The minimum Gasteiger partial charge on any atom is -0.490 e. The lowest BCUT2D eigenvalue weighted by Crippen LogP contribution is -2.35. The Labute approximate surface area is 343 Å². The SMILES string of the molecule is Cc1ccc(S(=O)(=O)O)cc1.N#Cc1c(N)nc(SCc2csc(-c3ccc(Cl)cc3)n2)c(C#N)c1-c1ccc(OCCOC(=O)[C@@H](N)Cc2ccccc2)cc1. The normalized spacial score (nSPS) is 11.3. The van der Waals surface area contributed by atoms with E-state index >= 15 is 0 Å². The molecular formula is C41H35ClN6O6S3. The zero-order valence-electron chi connectivity index (χ0n) is 30.3. The van der Waals surface area contributed by atoms with Crippen molar-refractivity contribution in [3.8, 4) is 39.6 Å². The first-order valence-electron chi connectivity index (χ1n) is 17.1. The number of carbonyl (C=O) groups is 1. The van der Waals surface area contributed by atoms with Crippen molar-refractivity contribution in [1.82, 2.24) is 9.97 Å². The van der Waals surface area contributed by atoms with Gasteiger partial charge in [0.05, 0.1) is 16.2 Å². The molecular weight excluding hydrogens is 804 g/mol. The number of halogens is 1. The molecule has 1 atom stereocenters. The van der Waals surface area contributed by atoms with Gasteiger partial charge in [-0.3, -0.25) is 9.35 Å². The number of esters is 1. The predicted molar refractivity (Wildman–Crippen MR) is 221 cm³/mol. The number of pyridine rings is 1. The van der Waals surface area contributed by atoms with Crippen molar-refractivity contribution in [2.75, 3.05) is 18.9 Å². The van der Waals surface area contributed by atoms with Crippen molar-refractivity contribution in [3.05, 3.63) is 141 Å². The van der Waals surface area contributed by atoms with Crippen molar-refractivity contribution < 1.29 is 27.2 Å². The van der Waals surface area contributed by atoms with Gasteiger partial charge in [-0.15, -0.1) is 11.3 Å². The lowest BCUT2D eigenvalue weighted by molar-refractivity contribution is -0.145. The highest BCUT2D eigenvalue weighted by Crippen LogP contribution is 2.37. The fourth-order valence-electron chi connectivity index (χ4n) is 5.22. The van der Waals surface area contributed by atoms with Gasteiger partial charge < -0.3 is 20.9 Å². The third-order valence-corrected chi connectivity index (χ3v) is 11.1. The van der Waals surface area contributed by atoms with E-state index in [1.165, 1.54) is 35.2 Å². The first-order chi connectivity index (χ1) is 27.4. The van der Waals surface area contributed by atoms with Crippen molar-refractivity contribution >= 4 is 56.6 Å². The summed E-state index contributed by atoms with van der Waals surface area (Å²) in [6.45, 7) is 1.99. The summed E-state index contributed by atoms with van der Waals surface area (Å²) in [5.74, 6) is 0.496. The largest absolute Gasteiger partial charge is 0.490 e. The lowest BCUT2D eigenvalue weighted by atomic mass is 9.97. The Morgan fingerprint density at radius 1 is 0.912 bits per heavy atom. The number of thiazole rings is 1. The van der Waals surface area contributed by atoms with Crippen LogP contribution in [0.3, 0.4) is 0 Å². The Morgan fingerprint density at radius 3 is 2.19 bits per heavy atom. The van der Waals surface area contributed by atoms with Crippen molar-refractivity contribution in [3.63, 3.8) is 0 Å². The van der Waals surface area contributed by atoms with Crippen LogP contribution in [0.25, 0.3) is 21.7 Å². The number of benzene rings is 4. The van der Waals surface area contributed by atoms with Gasteiger partial charge in [0.1, 0.15) is 58.6 Å². The van der Waals surface area contributed by atoms with Gasteiger partial charge in [-0.05, 0) is 60.9 Å². The van der Waals surface area contributed by atoms with Crippen molar-refractivity contribution in [2.45, 2.75) is 35.1 Å². The van der Waals surface area contributed by atoms with E-state index in [-0.39, 0.29) is 35.1 Å². The average Bonchev–Trinajstić information content (AvgIpc) is 3.68. The molecule has 0 spiro atoms. The molecule has 0 aliphatic rings. The molecule has 0 aliphatic heterocycles. The minimum atomic E-state index is -4.02. The molecule has 12 nitrogen and oxygen atoms in total. The highest BCUT2D eigenvalue weighted by atomic mass is 35.5. The number of anilines is 1. The molecule has 57 heavy (non-hydrogen) atoms. The van der Waals surface area contributed by atoms with Gasteiger partial charge in [-0.1, -0.05) is 95.7 Å². The van der Waals surface area contributed by atoms with Crippen LogP contribution in [-0.4, -0.2) is 48.2 Å². The van der Waals surface area contributed by atoms with Crippen LogP contribution in [-0.2, 0) is 31.8 Å². The number of thioether (sulfide) groups is 1. The number of ether oxygens (including phenoxy) is 2. The maximum Gasteiger partial charge on any atom is 0.323 e. The second-order valence-electron chi connectivity index (χ2n) is 12.2. The standard InChI is InChI=1S/C34H27ClN6O3S2.C7H8O3S/c35-24-10-6-23(7-11-24)32-40-25(19-45-32)20-46-33-28(18-37)30(27(17-36)31(39)41-33)22-8-12-26(13-9-22)43-14-15-44-34(42)29(38)16-21-4-2-1-3-5-21;1-6-2-4-7(5-3-6)11(8,9)10/h1-13,19,29H,14-16,20,38H2,(H2,39,41);2-5H,1H3,(H,8,9,10)/t29-;/m0./s1. The number of nitrogens with zero attached hydrogens (tertiary/aromatic N) is 4. The number of carbonyl (C=O) groups excluding carboxylic acids is 1. The monoisotopic (exact) mass is 838 g/mol. The minimum absolute atomic E-state index is 0.0296. The Balaban J connectivity index is 0.000000486. The Hall–Kier alpha value is -5.78. The molecule has 0 saturated carbocycles. The Kier molecular flexibility index (Phi) is 14.8. The second kappa shape index (κ2) is 19.9. The summed E-state index contributed by atoms with van der Waals surface area (Å²) in [6.07, 6.45) is 0.382. The third kappa shape index (κ3) is 11.9. The van der Waals surface area contributed by atoms with Gasteiger partial charge in [-0.2, -0.15) is 18.9 Å². The maximum absolute atomic E-state index is 12.3. The van der Waals surface area contributed by atoms with Gasteiger partial charge >= 0.3 is 5.97 Å². The maximum atomic E-state index is 12.3. The van der Waals surface area contributed by atoms with E-state index in [9.17, 15) is 23.7 Å². The van der Waals surface area contributed by atoms with E-state index < -0.39 is 22.1 Å². The molecule has 0 saturated heterocycles. The zero-order valence-corrected chi connectivity index (χ0v) is 33.5. The van der Waals surface area contributed by atoms with E-state index in [1.807, 2.05) is 66.9 Å². The topological polar surface area (TPSA) is 215 Å². The van der Waals surface area contributed by atoms with Gasteiger partial charge in [0, 0.05) is 27.3 Å². The fourth-order valence-corrected chi connectivity index (χ4v) is 7.64. The van der Waals surface area contributed by atoms with Crippen LogP contribution in [0.2, 0.25) is 5.02 Å². The zero-order chi connectivity index (χ0) is 41.0. The Bertz CT molecular complexity index is 2510. The summed E-state index contributed by atoms with van der Waals surface area (Å²) in [5.41, 5.74) is 17.2. The third-order valence-electron chi connectivity index (χ3n) is 8.07. The van der Waals surface area contributed by atoms with Crippen molar-refractivity contribution in [1.29, 1.82) is 10.5 Å². The van der Waals surface area contributed by atoms with E-state index in [0.29, 0.717) is 39.1 Å². The van der Waals surface area contributed by atoms with Crippen LogP contribution in [0.1, 0.15) is 27.9 Å². The summed E-state index contributed by atoms with van der Waals surface area (Å²) in [6, 6.07) is 33.4. The van der Waals surface area contributed by atoms with Gasteiger partial charge in [0.15, 0.2) is 0 Å². The summed E-state index contributed by atoms with van der Waals surface area (Å²) >= 11 is 8.84. The fraction of sp³-hybridized carbons (Fsp3) is 0.146. The van der Waals surface area contributed by atoms with Crippen LogP contribution < -0.4 is 16.2 Å². The van der Waals surface area contributed by atoms with Gasteiger partial charge in [0.25, 0.3) is 10.1 Å². The molecule has 2 heterocycles. The van der Waals surface area contributed by atoms with E-state index in [1.54, 1.807) is 36.4 Å². The van der Waals surface area contributed by atoms with Crippen LogP contribution in [0.5, 0.6) is 5.75 Å². The molecule has 2 aromatic heterocycles. The lowest BCUT2D eigenvalue weighted by Gasteiger charge is -2.14. The molecule has 0 bridgehead atoms. The number of hydrogen-bond acceptors (Lipinski definition) is 13. The molecule has 0 amide bonds. The molecule has 0 radical (unpaired) electrons. The summed E-state index contributed by atoms with van der Waals surface area (Å²) < 4.78 is 40.6. The van der Waals surface area contributed by atoms with Crippen LogP contribution in [0.4, 0.5) is 5.82 Å². The number of nitrogen functional groups attached to an aromatic ring is 1. The van der Waals surface area contributed by atoms with Crippen LogP contribution in [0.15, 0.2) is 118 Å². The molecule has 0 aliphatic carbocycles. The number of aryl methyl sites for hydroxylation is 1. The second-order valence-corrected chi connectivity index (χ2v) is 15.9. The molecule has 6 aromatic rings. The van der Waals surface area contributed by atoms with Gasteiger partial charge in [0.2, 0.25) is 0 Å². The van der Waals surface area contributed by atoms with Crippen LogP contribution in [0, 0.1) is 29.6 Å². The molecule has 0 unspecified atom stereocenters. The van der Waals surface area contributed by atoms with Gasteiger partial charge in [-0.25, -0.2) is 9.97 Å².